The summed E-state index contributed by atoms with van der Waals surface area (Å²) < 4.78 is 4.65. The van der Waals surface area contributed by atoms with E-state index in [0.717, 1.165) is 0 Å². The van der Waals surface area contributed by atoms with Crippen molar-refractivity contribution in [2.45, 2.75) is 25.7 Å². The smallest absolute Gasteiger partial charge is 0.409 e. The number of hydrogen-bond acceptors (Lipinski definition) is 6. The van der Waals surface area contributed by atoms with Crippen molar-refractivity contribution in [2.24, 2.45) is 0 Å². The number of carboxylic acids is 1. The number of carbonyl (C=O) groups is 3. The van der Waals surface area contributed by atoms with Gasteiger partial charge in [0.2, 0.25) is 0 Å². The fourth-order valence-electron chi connectivity index (χ4n) is 2.36. The monoisotopic (exact) mass is 352 g/mol. The largest absolute Gasteiger partial charge is 0.481 e. The molecule has 1 rings (SSSR count). The number of nitriles is 1. The summed E-state index contributed by atoms with van der Waals surface area (Å²) in [7, 11) is 1.33. The highest BCUT2D eigenvalue weighted by Crippen LogP contribution is 2.06. The maximum atomic E-state index is 12.0. The summed E-state index contributed by atoms with van der Waals surface area (Å²) in [5, 5.41) is 20.3. The van der Waals surface area contributed by atoms with Gasteiger partial charge in [-0.15, -0.1) is 0 Å². The quantitative estimate of drug-likeness (QED) is 0.371. The van der Waals surface area contributed by atoms with Gasteiger partial charge in [-0.1, -0.05) is 6.42 Å². The van der Waals surface area contributed by atoms with Crippen LogP contribution < -0.4 is 5.32 Å². The van der Waals surface area contributed by atoms with Gasteiger partial charge in [0.25, 0.3) is 5.91 Å². The van der Waals surface area contributed by atoms with Crippen molar-refractivity contribution in [2.75, 3.05) is 39.8 Å². The number of amides is 2. The second kappa shape index (κ2) is 10.9. The van der Waals surface area contributed by atoms with Crippen molar-refractivity contribution in [3.63, 3.8) is 0 Å². The van der Waals surface area contributed by atoms with Crippen LogP contribution in [0.15, 0.2) is 11.8 Å². The molecule has 0 aromatic rings. The Morgan fingerprint density at radius 1 is 1.20 bits per heavy atom. The van der Waals surface area contributed by atoms with E-state index in [0.29, 0.717) is 52.0 Å². The van der Waals surface area contributed by atoms with Crippen LogP contribution in [0.1, 0.15) is 25.7 Å². The zero-order valence-corrected chi connectivity index (χ0v) is 14.4. The van der Waals surface area contributed by atoms with Crippen LogP contribution in [0.4, 0.5) is 4.79 Å². The van der Waals surface area contributed by atoms with E-state index in [1.54, 1.807) is 4.90 Å². The first-order chi connectivity index (χ1) is 12.0. The van der Waals surface area contributed by atoms with E-state index in [2.05, 4.69) is 10.1 Å². The molecule has 9 nitrogen and oxygen atoms in total. The predicted octanol–water partition coefficient (Wildman–Crippen LogP) is 0.539. The number of nitrogens with one attached hydrogen (secondary N) is 1. The molecule has 1 saturated heterocycles. The van der Waals surface area contributed by atoms with E-state index in [1.165, 1.54) is 13.3 Å². The first-order valence-corrected chi connectivity index (χ1v) is 8.16. The third kappa shape index (κ3) is 7.56. The van der Waals surface area contributed by atoms with E-state index >= 15 is 0 Å². The van der Waals surface area contributed by atoms with Crippen LogP contribution in [0, 0.1) is 11.3 Å². The molecule has 1 heterocycles. The van der Waals surface area contributed by atoms with Gasteiger partial charge in [-0.2, -0.15) is 5.26 Å². The Hall–Kier alpha value is -2.76. The van der Waals surface area contributed by atoms with E-state index in [4.69, 9.17) is 10.4 Å². The number of unbranched alkanes of at least 4 members (excludes halogenated alkanes) is 2. The molecule has 0 spiro atoms. The standard InChI is InChI=1S/C16H24N4O5/c1-25-16(24)20-9-7-19(8-10-20)12-13(11-17)15(23)18-6-4-2-3-5-14(21)22/h12H,2-10H2,1H3,(H,18,23)(H,21,22)/b13-12-. The number of ether oxygens (including phenoxy) is 1. The van der Waals surface area contributed by atoms with Crippen LogP contribution in [0.3, 0.4) is 0 Å². The number of carboxylic acid groups (broad SMARTS) is 1. The summed E-state index contributed by atoms with van der Waals surface area (Å²) in [6, 6.07) is 1.89. The fourth-order valence-corrected chi connectivity index (χ4v) is 2.36. The highest BCUT2D eigenvalue weighted by molar-refractivity contribution is 5.97. The third-order valence-electron chi connectivity index (χ3n) is 3.78. The van der Waals surface area contributed by atoms with E-state index in [-0.39, 0.29) is 18.1 Å². The molecule has 0 bridgehead atoms. The highest BCUT2D eigenvalue weighted by Gasteiger charge is 2.21. The van der Waals surface area contributed by atoms with Gasteiger partial charge >= 0.3 is 12.1 Å². The van der Waals surface area contributed by atoms with Gasteiger partial charge in [0, 0.05) is 45.3 Å². The second-order valence-corrected chi connectivity index (χ2v) is 5.61. The van der Waals surface area contributed by atoms with Gasteiger partial charge in [-0.3, -0.25) is 9.59 Å². The van der Waals surface area contributed by atoms with Gasteiger partial charge in [0.05, 0.1) is 7.11 Å². The Balaban J connectivity index is 2.36. The van der Waals surface area contributed by atoms with E-state index in [1.807, 2.05) is 11.0 Å². The molecule has 0 unspecified atom stereocenters. The second-order valence-electron chi connectivity index (χ2n) is 5.61. The highest BCUT2D eigenvalue weighted by atomic mass is 16.5. The topological polar surface area (TPSA) is 123 Å². The molecule has 0 saturated carbocycles. The van der Waals surface area contributed by atoms with Crippen LogP contribution in [-0.2, 0) is 14.3 Å². The minimum absolute atomic E-state index is 0.0112. The Bertz CT molecular complexity index is 547. The van der Waals surface area contributed by atoms with Crippen molar-refractivity contribution in [3.8, 4) is 6.07 Å². The number of aliphatic carboxylic acids is 1. The molecule has 2 amide bonds. The van der Waals surface area contributed by atoms with Crippen LogP contribution in [0.25, 0.3) is 0 Å². The maximum absolute atomic E-state index is 12.0. The third-order valence-corrected chi connectivity index (χ3v) is 3.78. The lowest BCUT2D eigenvalue weighted by atomic mass is 10.2. The summed E-state index contributed by atoms with van der Waals surface area (Å²) in [5.74, 6) is -1.28. The summed E-state index contributed by atoms with van der Waals surface area (Å²) >= 11 is 0. The maximum Gasteiger partial charge on any atom is 0.409 e. The Morgan fingerprint density at radius 2 is 1.88 bits per heavy atom. The Labute approximate surface area is 146 Å². The number of carbonyl (C=O) groups excluding carboxylic acids is 2. The summed E-state index contributed by atoms with van der Waals surface area (Å²) in [4.78, 5) is 37.2. The predicted molar refractivity (Wildman–Crippen MR) is 88.4 cm³/mol. The molecule has 138 valence electrons. The SMILES string of the molecule is COC(=O)N1CCN(/C=C(/C#N)C(=O)NCCCCCC(=O)O)CC1. The molecule has 0 radical (unpaired) electrons. The Morgan fingerprint density at radius 3 is 2.44 bits per heavy atom. The number of hydrogen-bond donors (Lipinski definition) is 2. The van der Waals surface area contributed by atoms with Gasteiger partial charge in [0.1, 0.15) is 11.6 Å². The molecule has 0 atom stereocenters. The molecular formula is C16H24N4O5. The van der Waals surface area contributed by atoms with Gasteiger partial charge in [-0.05, 0) is 12.8 Å². The van der Waals surface area contributed by atoms with Crippen LogP contribution in [0.2, 0.25) is 0 Å². The number of nitrogens with zero attached hydrogens (tertiary/aromatic N) is 3. The minimum atomic E-state index is -0.828. The van der Waals surface area contributed by atoms with Crippen molar-refractivity contribution in [1.82, 2.24) is 15.1 Å². The van der Waals surface area contributed by atoms with E-state index in [9.17, 15) is 14.4 Å². The summed E-state index contributed by atoms with van der Waals surface area (Å²) in [5.41, 5.74) is 0.0112. The molecule has 9 heteroatoms. The number of rotatable bonds is 8. The molecule has 0 aromatic heterocycles. The lowest BCUT2D eigenvalue weighted by molar-refractivity contribution is -0.137. The van der Waals surface area contributed by atoms with Crippen LogP contribution in [-0.4, -0.2) is 72.7 Å². The molecule has 0 aromatic carbocycles. The molecule has 1 fully saturated rings. The summed E-state index contributed by atoms with van der Waals surface area (Å²) in [6.07, 6.45) is 3.17. The van der Waals surface area contributed by atoms with Crippen molar-refractivity contribution in [3.05, 3.63) is 11.8 Å². The van der Waals surface area contributed by atoms with E-state index < -0.39 is 11.9 Å². The molecule has 1 aliphatic rings. The minimum Gasteiger partial charge on any atom is -0.481 e. The van der Waals surface area contributed by atoms with Crippen molar-refractivity contribution < 1.29 is 24.2 Å². The van der Waals surface area contributed by atoms with Crippen LogP contribution >= 0.6 is 0 Å². The number of methoxy groups -OCH3 is 1. The lowest BCUT2D eigenvalue weighted by Crippen LogP contribution is -2.47. The average molecular weight is 352 g/mol. The van der Waals surface area contributed by atoms with Crippen molar-refractivity contribution >= 4 is 18.0 Å². The van der Waals surface area contributed by atoms with Gasteiger partial charge in [-0.25, -0.2) is 4.79 Å². The average Bonchev–Trinajstić information content (AvgIpc) is 2.61. The fraction of sp³-hybridized carbons (Fsp3) is 0.625. The molecule has 1 aliphatic heterocycles. The van der Waals surface area contributed by atoms with Crippen molar-refractivity contribution in [1.29, 1.82) is 5.26 Å². The Kier molecular flexibility index (Phi) is 8.85. The molecule has 2 N–H and O–H groups in total. The normalized spacial score (nSPS) is 14.6. The molecule has 0 aliphatic carbocycles. The van der Waals surface area contributed by atoms with Crippen LogP contribution in [0.5, 0.6) is 0 Å². The van der Waals surface area contributed by atoms with Gasteiger partial charge < -0.3 is 25.0 Å². The molecule has 25 heavy (non-hydrogen) atoms. The first kappa shape index (κ1) is 20.3. The zero-order chi connectivity index (χ0) is 18.7. The number of piperazine rings is 1. The summed E-state index contributed by atoms with van der Waals surface area (Å²) in [6.45, 7) is 2.36. The van der Waals surface area contributed by atoms with Gasteiger partial charge in [0.15, 0.2) is 0 Å². The molecular weight excluding hydrogens is 328 g/mol. The zero-order valence-electron chi connectivity index (χ0n) is 14.4. The lowest BCUT2D eigenvalue weighted by Gasteiger charge is -2.33. The first-order valence-electron chi connectivity index (χ1n) is 8.16.